The summed E-state index contributed by atoms with van der Waals surface area (Å²) < 4.78 is 10.5. The molecule has 1 fully saturated rings. The maximum atomic E-state index is 12.7. The van der Waals surface area contributed by atoms with E-state index in [1.165, 1.54) is 4.90 Å². The first kappa shape index (κ1) is 25.3. The van der Waals surface area contributed by atoms with Crippen molar-refractivity contribution in [3.05, 3.63) is 71.8 Å². The normalized spacial score (nSPS) is 16.1. The zero-order chi connectivity index (χ0) is 24.3. The first-order chi connectivity index (χ1) is 16.5. The molecule has 1 aliphatic heterocycles. The molecule has 1 aliphatic rings. The average Bonchev–Trinajstić information content (AvgIpc) is 3.22. The lowest BCUT2D eigenvalue weighted by molar-refractivity contribution is -0.129. The first-order valence-electron chi connectivity index (χ1n) is 11.9. The third-order valence-corrected chi connectivity index (χ3v) is 6.21. The van der Waals surface area contributed by atoms with Crippen molar-refractivity contribution in [3.8, 4) is 0 Å². The number of benzene rings is 2. The van der Waals surface area contributed by atoms with Gasteiger partial charge in [0.25, 0.3) is 0 Å². The van der Waals surface area contributed by atoms with Crippen LogP contribution in [0, 0.1) is 0 Å². The van der Waals surface area contributed by atoms with E-state index in [2.05, 4.69) is 0 Å². The second kappa shape index (κ2) is 12.8. The fourth-order valence-corrected chi connectivity index (χ4v) is 4.01. The van der Waals surface area contributed by atoms with Gasteiger partial charge in [-0.2, -0.15) is 0 Å². The number of ether oxygens (including phenoxy) is 2. The van der Waals surface area contributed by atoms with Crippen LogP contribution < -0.4 is 0 Å². The van der Waals surface area contributed by atoms with Gasteiger partial charge in [0.15, 0.2) is 0 Å². The quantitative estimate of drug-likeness (QED) is 0.426. The van der Waals surface area contributed by atoms with E-state index in [1.54, 1.807) is 11.9 Å². The van der Waals surface area contributed by atoms with Gasteiger partial charge in [0.1, 0.15) is 13.2 Å². The summed E-state index contributed by atoms with van der Waals surface area (Å²) in [6.45, 7) is 2.48. The SMILES string of the molecule is CC(CCCCCC(=O)N1C(=O)OC[C@@H]1Cc1ccccc1)N(C)C(=O)OCc1ccccc1. The number of cyclic esters (lactones) is 1. The molecule has 182 valence electrons. The number of amides is 3. The molecule has 3 rings (SSSR count). The van der Waals surface area contributed by atoms with Crippen LogP contribution in [0.2, 0.25) is 0 Å². The van der Waals surface area contributed by atoms with E-state index in [0.717, 1.165) is 30.4 Å². The summed E-state index contributed by atoms with van der Waals surface area (Å²) in [5.41, 5.74) is 2.03. The lowest BCUT2D eigenvalue weighted by atomic mass is 10.0. The Bertz CT molecular complexity index is 935. The van der Waals surface area contributed by atoms with Gasteiger partial charge in [0, 0.05) is 19.5 Å². The fourth-order valence-electron chi connectivity index (χ4n) is 4.01. The Morgan fingerprint density at radius 1 is 1.03 bits per heavy atom. The van der Waals surface area contributed by atoms with Crippen molar-refractivity contribution >= 4 is 18.1 Å². The molecule has 0 N–H and O–H groups in total. The highest BCUT2D eigenvalue weighted by Gasteiger charge is 2.37. The Balaban J connectivity index is 1.34. The molecule has 1 unspecified atom stereocenters. The van der Waals surface area contributed by atoms with Crippen LogP contribution in [0.3, 0.4) is 0 Å². The summed E-state index contributed by atoms with van der Waals surface area (Å²) in [4.78, 5) is 40.0. The van der Waals surface area contributed by atoms with Crippen molar-refractivity contribution in [2.24, 2.45) is 0 Å². The number of nitrogens with zero attached hydrogens (tertiary/aromatic N) is 2. The lowest BCUT2D eigenvalue weighted by Gasteiger charge is -2.24. The number of rotatable bonds is 11. The van der Waals surface area contributed by atoms with Crippen LogP contribution in [0.25, 0.3) is 0 Å². The number of imide groups is 1. The number of carbonyl (C=O) groups excluding carboxylic acids is 3. The molecule has 1 saturated heterocycles. The summed E-state index contributed by atoms with van der Waals surface area (Å²) >= 11 is 0. The van der Waals surface area contributed by atoms with Gasteiger partial charge in [-0.05, 0) is 37.3 Å². The molecule has 7 heteroatoms. The molecule has 0 radical (unpaired) electrons. The molecule has 2 aromatic carbocycles. The number of carbonyl (C=O) groups is 3. The Morgan fingerprint density at radius 2 is 1.68 bits per heavy atom. The van der Waals surface area contributed by atoms with Crippen LogP contribution in [-0.2, 0) is 27.3 Å². The standard InChI is InChI=1S/C27H34N2O5/c1-21(28(2)26(31)33-19-23-15-9-5-10-16-23)12-6-3-11-17-25(30)29-24(20-34-27(29)32)18-22-13-7-4-8-14-22/h4-5,7-10,13-16,21,24H,3,6,11-12,17-20H2,1-2H3/t21?,24-/m0/s1. The largest absolute Gasteiger partial charge is 0.447 e. The van der Waals surface area contributed by atoms with Gasteiger partial charge in [-0.15, -0.1) is 0 Å². The minimum absolute atomic E-state index is 0.0304. The zero-order valence-electron chi connectivity index (χ0n) is 20.0. The summed E-state index contributed by atoms with van der Waals surface area (Å²) in [7, 11) is 1.74. The Hall–Kier alpha value is -3.35. The molecule has 2 aromatic rings. The van der Waals surface area contributed by atoms with Gasteiger partial charge in [-0.3, -0.25) is 4.79 Å². The fraction of sp³-hybridized carbons (Fsp3) is 0.444. The Morgan fingerprint density at radius 3 is 2.35 bits per heavy atom. The molecule has 34 heavy (non-hydrogen) atoms. The minimum atomic E-state index is -0.546. The van der Waals surface area contributed by atoms with Crippen LogP contribution in [-0.4, -0.2) is 53.6 Å². The molecule has 0 aliphatic carbocycles. The van der Waals surface area contributed by atoms with Crippen molar-refractivity contribution in [2.75, 3.05) is 13.7 Å². The van der Waals surface area contributed by atoms with Gasteiger partial charge in [-0.25, -0.2) is 14.5 Å². The summed E-state index contributed by atoms with van der Waals surface area (Å²) in [5, 5.41) is 0. The Kier molecular flexibility index (Phi) is 9.50. The third-order valence-electron chi connectivity index (χ3n) is 6.21. The average molecular weight is 467 g/mol. The molecule has 7 nitrogen and oxygen atoms in total. The molecule has 0 spiro atoms. The maximum Gasteiger partial charge on any atom is 0.416 e. The maximum absolute atomic E-state index is 12.7. The zero-order valence-corrected chi connectivity index (χ0v) is 20.0. The molecule has 0 aromatic heterocycles. The number of unbranched alkanes of at least 4 members (excludes halogenated alkanes) is 2. The Labute approximate surface area is 201 Å². The van der Waals surface area contributed by atoms with Crippen molar-refractivity contribution in [1.29, 1.82) is 0 Å². The minimum Gasteiger partial charge on any atom is -0.447 e. The molecule has 0 saturated carbocycles. The summed E-state index contributed by atoms with van der Waals surface area (Å²) in [6.07, 6.45) is 3.24. The summed E-state index contributed by atoms with van der Waals surface area (Å²) in [5.74, 6) is -0.182. The van der Waals surface area contributed by atoms with E-state index in [-0.39, 0.29) is 37.3 Å². The van der Waals surface area contributed by atoms with Gasteiger partial charge in [0.2, 0.25) is 5.91 Å². The number of hydrogen-bond donors (Lipinski definition) is 0. The summed E-state index contributed by atoms with van der Waals surface area (Å²) in [6, 6.07) is 19.2. The van der Waals surface area contributed by atoms with Gasteiger partial charge in [0.05, 0.1) is 6.04 Å². The predicted molar refractivity (Wildman–Crippen MR) is 129 cm³/mol. The van der Waals surface area contributed by atoms with Gasteiger partial charge < -0.3 is 14.4 Å². The second-order valence-electron chi connectivity index (χ2n) is 8.78. The highest BCUT2D eigenvalue weighted by Crippen LogP contribution is 2.20. The second-order valence-corrected chi connectivity index (χ2v) is 8.78. The molecular formula is C27H34N2O5. The van der Waals surface area contributed by atoms with Gasteiger partial charge in [-0.1, -0.05) is 73.5 Å². The van der Waals surface area contributed by atoms with E-state index in [1.807, 2.05) is 67.6 Å². The molecule has 1 heterocycles. The van der Waals surface area contributed by atoms with Gasteiger partial charge >= 0.3 is 12.2 Å². The van der Waals surface area contributed by atoms with E-state index < -0.39 is 6.09 Å². The van der Waals surface area contributed by atoms with Crippen molar-refractivity contribution < 1.29 is 23.9 Å². The van der Waals surface area contributed by atoms with E-state index >= 15 is 0 Å². The number of hydrogen-bond acceptors (Lipinski definition) is 5. The van der Waals surface area contributed by atoms with E-state index in [4.69, 9.17) is 9.47 Å². The molecule has 2 atom stereocenters. The van der Waals surface area contributed by atoms with E-state index in [0.29, 0.717) is 19.3 Å². The van der Waals surface area contributed by atoms with Crippen LogP contribution >= 0.6 is 0 Å². The third kappa shape index (κ3) is 7.33. The van der Waals surface area contributed by atoms with Crippen molar-refractivity contribution in [2.45, 2.75) is 64.1 Å². The van der Waals surface area contributed by atoms with E-state index in [9.17, 15) is 14.4 Å². The monoisotopic (exact) mass is 466 g/mol. The first-order valence-corrected chi connectivity index (χ1v) is 11.9. The molecule has 3 amide bonds. The predicted octanol–water partition coefficient (Wildman–Crippen LogP) is 5.18. The van der Waals surface area contributed by atoms with Crippen LogP contribution in [0.1, 0.15) is 50.2 Å². The molecule has 0 bridgehead atoms. The highest BCUT2D eigenvalue weighted by molar-refractivity contribution is 5.93. The van der Waals surface area contributed by atoms with Crippen LogP contribution in [0.4, 0.5) is 9.59 Å². The smallest absolute Gasteiger partial charge is 0.416 e. The highest BCUT2D eigenvalue weighted by atomic mass is 16.6. The van der Waals surface area contributed by atoms with Crippen LogP contribution in [0.15, 0.2) is 60.7 Å². The van der Waals surface area contributed by atoms with Crippen molar-refractivity contribution in [3.63, 3.8) is 0 Å². The lowest BCUT2D eigenvalue weighted by Crippen LogP contribution is -2.40. The van der Waals surface area contributed by atoms with Crippen LogP contribution in [0.5, 0.6) is 0 Å². The molecular weight excluding hydrogens is 432 g/mol. The topological polar surface area (TPSA) is 76.2 Å². The van der Waals surface area contributed by atoms with Crippen molar-refractivity contribution in [1.82, 2.24) is 9.80 Å².